The van der Waals surface area contributed by atoms with Crippen LogP contribution in [-0.2, 0) is 6.54 Å². The SMILES string of the molecule is CCOc1ccc(CN=C(N)N2CCCCCC2)cc1OC. The Kier molecular flexibility index (Phi) is 6.37. The smallest absolute Gasteiger partial charge is 0.191 e. The molecule has 0 saturated carbocycles. The van der Waals surface area contributed by atoms with Gasteiger partial charge < -0.3 is 20.1 Å². The summed E-state index contributed by atoms with van der Waals surface area (Å²) in [5.41, 5.74) is 7.20. The first-order valence-electron chi connectivity index (χ1n) is 8.09. The van der Waals surface area contributed by atoms with E-state index in [1.54, 1.807) is 7.11 Å². The van der Waals surface area contributed by atoms with Gasteiger partial charge in [0.1, 0.15) is 0 Å². The van der Waals surface area contributed by atoms with E-state index in [4.69, 9.17) is 15.2 Å². The van der Waals surface area contributed by atoms with Crippen LogP contribution in [0.4, 0.5) is 0 Å². The molecule has 122 valence electrons. The first kappa shape index (κ1) is 16.5. The zero-order chi connectivity index (χ0) is 15.8. The lowest BCUT2D eigenvalue weighted by molar-refractivity contribution is 0.310. The van der Waals surface area contributed by atoms with Gasteiger partial charge in [-0.15, -0.1) is 0 Å². The fourth-order valence-electron chi connectivity index (χ4n) is 2.66. The Balaban J connectivity index is 2.01. The summed E-state index contributed by atoms with van der Waals surface area (Å²) in [6, 6.07) is 5.90. The number of methoxy groups -OCH3 is 1. The normalized spacial score (nSPS) is 16.3. The molecule has 2 N–H and O–H groups in total. The van der Waals surface area contributed by atoms with E-state index in [2.05, 4.69) is 9.89 Å². The van der Waals surface area contributed by atoms with Crippen LogP contribution in [0.15, 0.2) is 23.2 Å². The van der Waals surface area contributed by atoms with Crippen LogP contribution in [0.2, 0.25) is 0 Å². The molecule has 0 aromatic heterocycles. The Morgan fingerprint density at radius 1 is 1.18 bits per heavy atom. The van der Waals surface area contributed by atoms with Crippen LogP contribution in [0.1, 0.15) is 38.2 Å². The van der Waals surface area contributed by atoms with Gasteiger partial charge in [-0.25, -0.2) is 4.99 Å². The fraction of sp³-hybridized carbons (Fsp3) is 0.588. The van der Waals surface area contributed by atoms with Crippen molar-refractivity contribution < 1.29 is 9.47 Å². The molecule has 5 nitrogen and oxygen atoms in total. The van der Waals surface area contributed by atoms with Gasteiger partial charge in [-0.3, -0.25) is 0 Å². The molecule has 0 amide bonds. The molecule has 0 spiro atoms. The quantitative estimate of drug-likeness (QED) is 0.671. The van der Waals surface area contributed by atoms with Crippen molar-refractivity contribution in [1.29, 1.82) is 0 Å². The predicted octanol–water partition coefficient (Wildman–Crippen LogP) is 2.78. The molecular formula is C17H27N3O2. The van der Waals surface area contributed by atoms with Crippen molar-refractivity contribution in [2.45, 2.75) is 39.2 Å². The lowest BCUT2D eigenvalue weighted by Gasteiger charge is -2.21. The first-order valence-corrected chi connectivity index (χ1v) is 8.09. The van der Waals surface area contributed by atoms with Crippen LogP contribution in [-0.4, -0.2) is 37.7 Å². The number of nitrogens with zero attached hydrogens (tertiary/aromatic N) is 2. The van der Waals surface area contributed by atoms with Gasteiger partial charge in [0, 0.05) is 13.1 Å². The van der Waals surface area contributed by atoms with Crippen LogP contribution in [0.25, 0.3) is 0 Å². The van der Waals surface area contributed by atoms with E-state index < -0.39 is 0 Å². The summed E-state index contributed by atoms with van der Waals surface area (Å²) in [4.78, 5) is 6.73. The average molecular weight is 305 g/mol. The second-order valence-electron chi connectivity index (χ2n) is 5.49. The zero-order valence-electron chi connectivity index (χ0n) is 13.7. The van der Waals surface area contributed by atoms with E-state index in [1.165, 1.54) is 25.7 Å². The Hall–Kier alpha value is -1.91. The van der Waals surface area contributed by atoms with Crippen LogP contribution in [0.5, 0.6) is 11.5 Å². The molecule has 0 bridgehead atoms. The van der Waals surface area contributed by atoms with Crippen LogP contribution < -0.4 is 15.2 Å². The molecule has 22 heavy (non-hydrogen) atoms. The van der Waals surface area contributed by atoms with Gasteiger partial charge >= 0.3 is 0 Å². The molecule has 1 heterocycles. The molecule has 2 rings (SSSR count). The van der Waals surface area contributed by atoms with E-state index >= 15 is 0 Å². The Morgan fingerprint density at radius 2 is 1.91 bits per heavy atom. The van der Waals surface area contributed by atoms with Crippen LogP contribution in [0, 0.1) is 0 Å². The second-order valence-corrected chi connectivity index (χ2v) is 5.49. The van der Waals surface area contributed by atoms with Crippen LogP contribution >= 0.6 is 0 Å². The van der Waals surface area contributed by atoms with Gasteiger partial charge in [-0.2, -0.15) is 0 Å². The summed E-state index contributed by atoms with van der Waals surface area (Å²) in [5, 5.41) is 0. The van der Waals surface area contributed by atoms with Gasteiger partial charge in [0.15, 0.2) is 17.5 Å². The predicted molar refractivity (Wildman–Crippen MR) is 89.5 cm³/mol. The molecule has 5 heteroatoms. The van der Waals surface area contributed by atoms with Crippen molar-refractivity contribution in [1.82, 2.24) is 4.90 Å². The maximum Gasteiger partial charge on any atom is 0.191 e. The zero-order valence-corrected chi connectivity index (χ0v) is 13.7. The molecule has 1 aliphatic rings. The summed E-state index contributed by atoms with van der Waals surface area (Å²) in [7, 11) is 1.65. The molecule has 0 aliphatic carbocycles. The standard InChI is InChI=1S/C17H27N3O2/c1-3-22-15-9-8-14(12-16(15)21-2)13-19-17(18)20-10-6-4-5-7-11-20/h8-9,12H,3-7,10-11,13H2,1-2H3,(H2,18,19). The summed E-state index contributed by atoms with van der Waals surface area (Å²) in [6.07, 6.45) is 4.99. The van der Waals surface area contributed by atoms with Gasteiger partial charge in [-0.05, 0) is 37.5 Å². The van der Waals surface area contributed by atoms with Crippen molar-refractivity contribution in [2.24, 2.45) is 10.7 Å². The number of hydrogen-bond acceptors (Lipinski definition) is 3. The number of aliphatic imine (C=N–C) groups is 1. The van der Waals surface area contributed by atoms with Crippen molar-refractivity contribution in [3.63, 3.8) is 0 Å². The Labute approximate surface area is 133 Å². The fourth-order valence-corrected chi connectivity index (χ4v) is 2.66. The van der Waals surface area contributed by atoms with Crippen molar-refractivity contribution in [3.8, 4) is 11.5 Å². The third-order valence-corrected chi connectivity index (χ3v) is 3.88. The first-order chi connectivity index (χ1) is 10.7. The summed E-state index contributed by atoms with van der Waals surface area (Å²) >= 11 is 0. The van der Waals surface area contributed by atoms with Gasteiger partial charge in [0.25, 0.3) is 0 Å². The van der Waals surface area contributed by atoms with Crippen LogP contribution in [0.3, 0.4) is 0 Å². The van der Waals surface area contributed by atoms with E-state index in [0.29, 0.717) is 19.1 Å². The highest BCUT2D eigenvalue weighted by atomic mass is 16.5. The van der Waals surface area contributed by atoms with Crippen molar-refractivity contribution in [3.05, 3.63) is 23.8 Å². The largest absolute Gasteiger partial charge is 0.493 e. The maximum atomic E-state index is 6.13. The lowest BCUT2D eigenvalue weighted by atomic mass is 10.2. The minimum atomic E-state index is 0.561. The number of ether oxygens (including phenoxy) is 2. The van der Waals surface area contributed by atoms with Gasteiger partial charge in [-0.1, -0.05) is 18.9 Å². The number of rotatable bonds is 5. The molecule has 1 aromatic rings. The molecule has 1 fully saturated rings. The van der Waals surface area contributed by atoms with E-state index in [0.717, 1.165) is 30.2 Å². The third kappa shape index (κ3) is 4.55. The lowest BCUT2D eigenvalue weighted by Crippen LogP contribution is -2.38. The average Bonchev–Trinajstić information content (AvgIpc) is 2.83. The van der Waals surface area contributed by atoms with Crippen molar-refractivity contribution >= 4 is 5.96 Å². The van der Waals surface area contributed by atoms with E-state index in [1.807, 2.05) is 25.1 Å². The summed E-state index contributed by atoms with van der Waals surface area (Å²) in [6.45, 7) is 5.17. The molecule has 0 unspecified atom stereocenters. The molecule has 1 aliphatic heterocycles. The maximum absolute atomic E-state index is 6.13. The molecule has 0 radical (unpaired) electrons. The molecule has 1 aromatic carbocycles. The summed E-state index contributed by atoms with van der Waals surface area (Å²) in [5.74, 6) is 2.15. The minimum Gasteiger partial charge on any atom is -0.493 e. The molecule has 0 atom stereocenters. The van der Waals surface area contributed by atoms with Gasteiger partial charge in [0.2, 0.25) is 0 Å². The number of likely N-dealkylation sites (tertiary alicyclic amines) is 1. The monoisotopic (exact) mass is 305 g/mol. The summed E-state index contributed by atoms with van der Waals surface area (Å²) < 4.78 is 10.9. The Morgan fingerprint density at radius 3 is 2.55 bits per heavy atom. The topological polar surface area (TPSA) is 60.1 Å². The molecule has 1 saturated heterocycles. The van der Waals surface area contributed by atoms with Gasteiger partial charge in [0.05, 0.1) is 20.3 Å². The second kappa shape index (κ2) is 8.51. The van der Waals surface area contributed by atoms with E-state index in [-0.39, 0.29) is 0 Å². The number of nitrogens with two attached hydrogens (primary N) is 1. The highest BCUT2D eigenvalue weighted by molar-refractivity contribution is 5.78. The number of benzene rings is 1. The van der Waals surface area contributed by atoms with E-state index in [9.17, 15) is 0 Å². The van der Waals surface area contributed by atoms with Crippen molar-refractivity contribution in [2.75, 3.05) is 26.8 Å². The minimum absolute atomic E-state index is 0.561. The third-order valence-electron chi connectivity index (χ3n) is 3.88. The highest BCUT2D eigenvalue weighted by Gasteiger charge is 2.11. The highest BCUT2D eigenvalue weighted by Crippen LogP contribution is 2.28. The Bertz CT molecular complexity index is 495. The molecular weight excluding hydrogens is 278 g/mol. The number of guanidine groups is 1. The number of hydrogen-bond donors (Lipinski definition) is 1.